The lowest BCUT2D eigenvalue weighted by atomic mass is 10.3. The molecule has 5 heteroatoms. The molecule has 2 aromatic rings. The number of halogens is 2. The minimum Gasteiger partial charge on any atom is -0.358 e. The second-order valence-electron chi connectivity index (χ2n) is 2.94. The van der Waals surface area contributed by atoms with Gasteiger partial charge < -0.3 is 5.32 Å². The largest absolute Gasteiger partial charge is 0.358 e. The molecular formula is C10H9Cl2N3. The first-order valence-corrected chi connectivity index (χ1v) is 5.15. The topological polar surface area (TPSA) is 29.9 Å². The van der Waals surface area contributed by atoms with Gasteiger partial charge in [-0.25, -0.2) is 4.98 Å². The van der Waals surface area contributed by atoms with E-state index in [0.29, 0.717) is 10.0 Å². The second-order valence-corrected chi connectivity index (χ2v) is 3.73. The predicted molar refractivity (Wildman–Crippen MR) is 63.1 cm³/mol. The molecule has 15 heavy (non-hydrogen) atoms. The highest BCUT2D eigenvalue weighted by atomic mass is 35.5. The van der Waals surface area contributed by atoms with E-state index < -0.39 is 0 Å². The quantitative estimate of drug-likeness (QED) is 0.876. The van der Waals surface area contributed by atoms with E-state index in [1.165, 1.54) is 0 Å². The Labute approximate surface area is 97.6 Å². The van der Waals surface area contributed by atoms with Gasteiger partial charge in [-0.2, -0.15) is 0 Å². The lowest BCUT2D eigenvalue weighted by Crippen LogP contribution is -2.01. The van der Waals surface area contributed by atoms with Crippen molar-refractivity contribution in [2.24, 2.45) is 0 Å². The van der Waals surface area contributed by atoms with Crippen LogP contribution in [0.25, 0.3) is 5.69 Å². The van der Waals surface area contributed by atoms with Gasteiger partial charge in [0.2, 0.25) is 5.95 Å². The van der Waals surface area contributed by atoms with Gasteiger partial charge in [0, 0.05) is 19.4 Å². The monoisotopic (exact) mass is 241 g/mol. The van der Waals surface area contributed by atoms with Crippen LogP contribution in [0.3, 0.4) is 0 Å². The molecule has 1 N–H and O–H groups in total. The zero-order valence-electron chi connectivity index (χ0n) is 8.04. The molecular weight excluding hydrogens is 233 g/mol. The van der Waals surface area contributed by atoms with Crippen molar-refractivity contribution >= 4 is 29.2 Å². The number of hydrogen-bond donors (Lipinski definition) is 1. The average molecular weight is 242 g/mol. The molecule has 1 aromatic heterocycles. The number of aromatic nitrogens is 2. The van der Waals surface area contributed by atoms with Crippen molar-refractivity contribution in [3.8, 4) is 5.69 Å². The van der Waals surface area contributed by atoms with Crippen LogP contribution in [0.1, 0.15) is 0 Å². The fourth-order valence-corrected chi connectivity index (χ4v) is 1.75. The van der Waals surface area contributed by atoms with E-state index in [2.05, 4.69) is 10.3 Å². The van der Waals surface area contributed by atoms with E-state index in [0.717, 1.165) is 11.6 Å². The first-order chi connectivity index (χ1) is 7.24. The van der Waals surface area contributed by atoms with E-state index >= 15 is 0 Å². The maximum Gasteiger partial charge on any atom is 0.207 e. The molecule has 0 bridgehead atoms. The molecule has 1 aromatic carbocycles. The average Bonchev–Trinajstić information content (AvgIpc) is 2.70. The van der Waals surface area contributed by atoms with Crippen LogP contribution in [0.4, 0.5) is 5.95 Å². The first kappa shape index (κ1) is 10.3. The molecule has 0 amide bonds. The van der Waals surface area contributed by atoms with E-state index in [-0.39, 0.29) is 0 Å². The highest BCUT2D eigenvalue weighted by Crippen LogP contribution is 2.29. The summed E-state index contributed by atoms with van der Waals surface area (Å²) in [6, 6.07) is 5.49. The van der Waals surface area contributed by atoms with Crippen LogP contribution >= 0.6 is 23.2 Å². The number of anilines is 1. The third-order valence-corrected chi connectivity index (χ3v) is 2.86. The summed E-state index contributed by atoms with van der Waals surface area (Å²) >= 11 is 12.0. The molecule has 0 aliphatic heterocycles. The SMILES string of the molecule is CNc1nccn1-c1cccc(Cl)c1Cl. The molecule has 0 saturated heterocycles. The number of nitrogens with zero attached hydrogens (tertiary/aromatic N) is 2. The lowest BCUT2D eigenvalue weighted by Gasteiger charge is -2.09. The Hall–Kier alpha value is -1.19. The number of rotatable bonds is 2. The van der Waals surface area contributed by atoms with Gasteiger partial charge >= 0.3 is 0 Å². The third kappa shape index (κ3) is 1.80. The van der Waals surface area contributed by atoms with E-state index in [9.17, 15) is 0 Å². The van der Waals surface area contributed by atoms with Crippen LogP contribution in [0.2, 0.25) is 10.0 Å². The zero-order valence-corrected chi connectivity index (χ0v) is 9.55. The maximum absolute atomic E-state index is 6.11. The number of hydrogen-bond acceptors (Lipinski definition) is 2. The Morgan fingerprint density at radius 1 is 1.33 bits per heavy atom. The number of benzene rings is 1. The van der Waals surface area contributed by atoms with Crippen LogP contribution < -0.4 is 5.32 Å². The lowest BCUT2D eigenvalue weighted by molar-refractivity contribution is 1.05. The Bertz CT molecular complexity index is 479. The predicted octanol–water partition coefficient (Wildman–Crippen LogP) is 3.22. The zero-order chi connectivity index (χ0) is 10.8. The number of imidazole rings is 1. The summed E-state index contributed by atoms with van der Waals surface area (Å²) in [6.07, 6.45) is 3.52. The molecule has 0 atom stereocenters. The Balaban J connectivity index is 2.59. The molecule has 78 valence electrons. The minimum atomic E-state index is 0.522. The summed E-state index contributed by atoms with van der Waals surface area (Å²) in [7, 11) is 1.80. The van der Waals surface area contributed by atoms with Crippen molar-refractivity contribution in [2.45, 2.75) is 0 Å². The Morgan fingerprint density at radius 3 is 2.87 bits per heavy atom. The number of nitrogens with one attached hydrogen (secondary N) is 1. The molecule has 0 spiro atoms. The fraction of sp³-hybridized carbons (Fsp3) is 0.100. The van der Waals surface area contributed by atoms with Crippen LogP contribution in [0, 0.1) is 0 Å². The van der Waals surface area contributed by atoms with Crippen LogP contribution in [0.15, 0.2) is 30.6 Å². The van der Waals surface area contributed by atoms with E-state index in [1.54, 1.807) is 19.3 Å². The highest BCUT2D eigenvalue weighted by molar-refractivity contribution is 6.43. The molecule has 3 nitrogen and oxygen atoms in total. The summed E-state index contributed by atoms with van der Waals surface area (Å²) in [5.74, 6) is 0.721. The molecule has 0 aliphatic rings. The van der Waals surface area contributed by atoms with Crippen LogP contribution in [-0.2, 0) is 0 Å². The standard InChI is InChI=1S/C10H9Cl2N3/c1-13-10-14-5-6-15(10)8-4-2-3-7(11)9(8)12/h2-6H,1H3,(H,13,14). The third-order valence-electron chi connectivity index (χ3n) is 2.06. The van der Waals surface area contributed by atoms with Crippen molar-refractivity contribution in [1.29, 1.82) is 0 Å². The van der Waals surface area contributed by atoms with Crippen molar-refractivity contribution in [3.63, 3.8) is 0 Å². The van der Waals surface area contributed by atoms with E-state index in [4.69, 9.17) is 23.2 Å². The van der Waals surface area contributed by atoms with Gasteiger partial charge in [-0.05, 0) is 12.1 Å². The van der Waals surface area contributed by atoms with Gasteiger partial charge in [-0.1, -0.05) is 29.3 Å². The fourth-order valence-electron chi connectivity index (χ4n) is 1.36. The van der Waals surface area contributed by atoms with Crippen molar-refractivity contribution < 1.29 is 0 Å². The Morgan fingerprint density at radius 2 is 2.13 bits per heavy atom. The van der Waals surface area contributed by atoms with E-state index in [1.807, 2.05) is 22.9 Å². The van der Waals surface area contributed by atoms with Gasteiger partial charge in [0.05, 0.1) is 15.7 Å². The molecule has 0 unspecified atom stereocenters. The van der Waals surface area contributed by atoms with Gasteiger partial charge in [-0.3, -0.25) is 4.57 Å². The molecule has 0 saturated carbocycles. The Kier molecular flexibility index (Phi) is 2.84. The van der Waals surface area contributed by atoms with Gasteiger partial charge in [0.15, 0.2) is 0 Å². The molecule has 0 radical (unpaired) electrons. The summed E-state index contributed by atoms with van der Waals surface area (Å²) in [5, 5.41) is 4.03. The summed E-state index contributed by atoms with van der Waals surface area (Å²) in [4.78, 5) is 4.13. The summed E-state index contributed by atoms with van der Waals surface area (Å²) in [6.45, 7) is 0. The first-order valence-electron chi connectivity index (χ1n) is 4.39. The highest BCUT2D eigenvalue weighted by Gasteiger charge is 2.08. The van der Waals surface area contributed by atoms with Gasteiger partial charge in [0.25, 0.3) is 0 Å². The van der Waals surface area contributed by atoms with Crippen molar-refractivity contribution in [1.82, 2.24) is 9.55 Å². The molecule has 1 heterocycles. The van der Waals surface area contributed by atoms with Crippen LogP contribution in [-0.4, -0.2) is 16.6 Å². The molecule has 2 rings (SSSR count). The smallest absolute Gasteiger partial charge is 0.207 e. The molecule has 0 fully saturated rings. The normalized spacial score (nSPS) is 10.3. The van der Waals surface area contributed by atoms with Gasteiger partial charge in [0.1, 0.15) is 0 Å². The van der Waals surface area contributed by atoms with Crippen molar-refractivity contribution in [2.75, 3.05) is 12.4 Å². The minimum absolute atomic E-state index is 0.522. The van der Waals surface area contributed by atoms with Crippen molar-refractivity contribution in [3.05, 3.63) is 40.6 Å². The summed E-state index contributed by atoms with van der Waals surface area (Å²) < 4.78 is 1.84. The second kappa shape index (κ2) is 4.13. The maximum atomic E-state index is 6.11. The van der Waals surface area contributed by atoms with Gasteiger partial charge in [-0.15, -0.1) is 0 Å². The summed E-state index contributed by atoms with van der Waals surface area (Å²) in [5.41, 5.74) is 0.811. The molecule has 0 aliphatic carbocycles. The van der Waals surface area contributed by atoms with Crippen LogP contribution in [0.5, 0.6) is 0 Å².